The van der Waals surface area contributed by atoms with E-state index >= 15 is 0 Å². The molecule has 0 fully saturated rings. The second kappa shape index (κ2) is 9.81. The molecular weight excluding hydrogens is 487 g/mol. The molecule has 178 valence electrons. The maximum Gasteiger partial charge on any atom is 0.433 e. The van der Waals surface area contributed by atoms with Crippen LogP contribution in [0.2, 0.25) is 5.02 Å². The summed E-state index contributed by atoms with van der Waals surface area (Å²) in [6.07, 6.45) is -2.21. The zero-order chi connectivity index (χ0) is 25.0. The van der Waals surface area contributed by atoms with E-state index in [-0.39, 0.29) is 22.9 Å². The molecular formula is C22H15ClF3N7O2. The summed E-state index contributed by atoms with van der Waals surface area (Å²) in [6, 6.07) is 13.3. The molecule has 0 bridgehead atoms. The number of alkyl halides is 3. The van der Waals surface area contributed by atoms with Gasteiger partial charge in [-0.15, -0.1) is 0 Å². The second-order valence-corrected chi connectivity index (χ2v) is 7.38. The molecule has 4 N–H and O–H groups in total. The van der Waals surface area contributed by atoms with Gasteiger partial charge in [0.25, 0.3) is 5.91 Å². The summed E-state index contributed by atoms with van der Waals surface area (Å²) in [6.45, 7) is 0. The first-order valence-electron chi connectivity index (χ1n) is 9.82. The lowest BCUT2D eigenvalue weighted by atomic mass is 10.2. The van der Waals surface area contributed by atoms with Crippen LogP contribution >= 0.6 is 11.6 Å². The summed E-state index contributed by atoms with van der Waals surface area (Å²) in [4.78, 5) is 23.3. The Morgan fingerprint density at radius 2 is 1.94 bits per heavy atom. The number of halogens is 4. The number of aromatic nitrogens is 4. The molecule has 2 aromatic heterocycles. The molecule has 0 saturated heterocycles. The number of nitrogens with zero attached hydrogens (tertiary/aromatic N) is 4. The standard InChI is InChI=1S/C22H15ClF3N7O2/c23-13-2-1-3-14(10-13)30-20-17(18(27)34)19(32-33-20)29-11-12-4-6-15(7-5-12)35-21-28-9-8-16(31-21)22(24,25)26/h1-11H,(H2,27,34)(H2,30,32,33)/b29-11+. The topological polar surface area (TPSA) is 131 Å². The van der Waals surface area contributed by atoms with E-state index in [1.54, 1.807) is 36.4 Å². The van der Waals surface area contributed by atoms with Gasteiger partial charge in [-0.25, -0.2) is 9.98 Å². The van der Waals surface area contributed by atoms with Crippen molar-refractivity contribution >= 4 is 41.0 Å². The van der Waals surface area contributed by atoms with Gasteiger partial charge in [0, 0.05) is 23.1 Å². The van der Waals surface area contributed by atoms with Gasteiger partial charge < -0.3 is 15.8 Å². The average molecular weight is 502 g/mol. The summed E-state index contributed by atoms with van der Waals surface area (Å²) in [5, 5.41) is 10.2. The number of anilines is 2. The number of amides is 1. The van der Waals surface area contributed by atoms with Gasteiger partial charge in [-0.3, -0.25) is 9.89 Å². The van der Waals surface area contributed by atoms with Crippen molar-refractivity contribution in [2.45, 2.75) is 6.18 Å². The molecule has 35 heavy (non-hydrogen) atoms. The number of aromatic amines is 1. The molecule has 9 nitrogen and oxygen atoms in total. The van der Waals surface area contributed by atoms with E-state index < -0.39 is 23.8 Å². The molecule has 0 radical (unpaired) electrons. The Labute approximate surface area is 200 Å². The quantitative estimate of drug-likeness (QED) is 0.296. The third-order valence-electron chi connectivity index (χ3n) is 4.44. The number of benzene rings is 2. The Hall–Kier alpha value is -4.45. The zero-order valence-electron chi connectivity index (χ0n) is 17.5. The van der Waals surface area contributed by atoms with Crippen molar-refractivity contribution in [2.24, 2.45) is 10.7 Å². The number of carbonyl (C=O) groups is 1. The highest BCUT2D eigenvalue weighted by molar-refractivity contribution is 6.30. The van der Waals surface area contributed by atoms with Crippen LogP contribution in [-0.4, -0.2) is 32.3 Å². The van der Waals surface area contributed by atoms with Crippen LogP contribution in [0.25, 0.3) is 0 Å². The van der Waals surface area contributed by atoms with Crippen molar-refractivity contribution in [3.05, 3.63) is 82.6 Å². The SMILES string of the molecule is NC(=O)c1c(Nc2cccc(Cl)c2)n[nH]c1/N=C/c1ccc(Oc2nccc(C(F)(F)F)n2)cc1. The van der Waals surface area contributed by atoms with E-state index in [2.05, 4.69) is 30.5 Å². The van der Waals surface area contributed by atoms with Crippen molar-refractivity contribution in [1.82, 2.24) is 20.2 Å². The number of rotatable bonds is 7. The van der Waals surface area contributed by atoms with Gasteiger partial charge in [0.1, 0.15) is 11.3 Å². The normalized spacial score (nSPS) is 11.5. The molecule has 4 rings (SSSR count). The predicted molar refractivity (Wildman–Crippen MR) is 123 cm³/mol. The number of hydrogen-bond acceptors (Lipinski definition) is 7. The number of ether oxygens (including phenoxy) is 1. The van der Waals surface area contributed by atoms with Gasteiger partial charge in [-0.1, -0.05) is 17.7 Å². The highest BCUT2D eigenvalue weighted by Gasteiger charge is 2.33. The van der Waals surface area contributed by atoms with E-state index in [4.69, 9.17) is 22.1 Å². The number of hydrogen-bond donors (Lipinski definition) is 3. The Balaban J connectivity index is 1.48. The van der Waals surface area contributed by atoms with E-state index in [1.807, 2.05) is 0 Å². The first-order valence-corrected chi connectivity index (χ1v) is 10.2. The van der Waals surface area contributed by atoms with E-state index in [9.17, 15) is 18.0 Å². The molecule has 0 aliphatic heterocycles. The number of nitrogens with two attached hydrogens (primary N) is 1. The van der Waals surface area contributed by atoms with Crippen LogP contribution in [-0.2, 0) is 6.18 Å². The van der Waals surface area contributed by atoms with Gasteiger partial charge in [0.15, 0.2) is 17.3 Å². The maximum absolute atomic E-state index is 12.8. The Kier molecular flexibility index (Phi) is 6.64. The Morgan fingerprint density at radius 3 is 2.63 bits per heavy atom. The third kappa shape index (κ3) is 5.92. The summed E-state index contributed by atoms with van der Waals surface area (Å²) >= 11 is 5.97. The van der Waals surface area contributed by atoms with Crippen LogP contribution in [0.4, 0.5) is 30.5 Å². The van der Waals surface area contributed by atoms with Gasteiger partial charge in [-0.2, -0.15) is 23.3 Å². The van der Waals surface area contributed by atoms with Crippen molar-refractivity contribution < 1.29 is 22.7 Å². The Morgan fingerprint density at radius 1 is 1.17 bits per heavy atom. The number of primary amides is 1. The fourth-order valence-electron chi connectivity index (χ4n) is 2.87. The lowest BCUT2D eigenvalue weighted by molar-refractivity contribution is -0.141. The summed E-state index contributed by atoms with van der Waals surface area (Å²) < 4.78 is 43.6. The van der Waals surface area contributed by atoms with Gasteiger partial charge in [0.2, 0.25) is 0 Å². The molecule has 0 saturated carbocycles. The molecule has 4 aromatic rings. The molecule has 2 aromatic carbocycles. The van der Waals surface area contributed by atoms with Crippen molar-refractivity contribution in [3.63, 3.8) is 0 Å². The van der Waals surface area contributed by atoms with Gasteiger partial charge in [0.05, 0.1) is 0 Å². The van der Waals surface area contributed by atoms with Crippen LogP contribution in [0.3, 0.4) is 0 Å². The van der Waals surface area contributed by atoms with Gasteiger partial charge in [-0.05, 0) is 54.1 Å². The van der Waals surface area contributed by atoms with E-state index in [0.29, 0.717) is 16.3 Å². The first kappa shape index (κ1) is 23.7. The molecule has 0 spiro atoms. The van der Waals surface area contributed by atoms with Crippen LogP contribution < -0.4 is 15.8 Å². The van der Waals surface area contributed by atoms with Crippen molar-refractivity contribution in [2.75, 3.05) is 5.32 Å². The zero-order valence-corrected chi connectivity index (χ0v) is 18.3. The highest BCUT2D eigenvalue weighted by Crippen LogP contribution is 2.29. The van der Waals surface area contributed by atoms with Gasteiger partial charge >= 0.3 is 12.2 Å². The van der Waals surface area contributed by atoms with E-state index in [1.165, 1.54) is 18.3 Å². The number of nitrogens with one attached hydrogen (secondary N) is 2. The molecule has 0 aliphatic carbocycles. The summed E-state index contributed by atoms with van der Waals surface area (Å²) in [7, 11) is 0. The fraction of sp³-hybridized carbons (Fsp3) is 0.0455. The van der Waals surface area contributed by atoms with Crippen LogP contribution in [0.1, 0.15) is 21.6 Å². The first-order chi connectivity index (χ1) is 16.7. The number of carbonyl (C=O) groups excluding carboxylic acids is 1. The number of aliphatic imine (C=N–C) groups is 1. The molecule has 0 atom stereocenters. The smallest absolute Gasteiger partial charge is 0.424 e. The van der Waals surface area contributed by atoms with Crippen molar-refractivity contribution in [1.29, 1.82) is 0 Å². The Bertz CT molecular complexity index is 1390. The molecule has 1 amide bonds. The maximum atomic E-state index is 12.8. The van der Waals surface area contributed by atoms with Crippen LogP contribution in [0.15, 0.2) is 65.8 Å². The van der Waals surface area contributed by atoms with Crippen molar-refractivity contribution in [3.8, 4) is 11.8 Å². The predicted octanol–water partition coefficient (Wildman–Crippen LogP) is 5.26. The average Bonchev–Trinajstić information content (AvgIpc) is 3.21. The second-order valence-electron chi connectivity index (χ2n) is 6.95. The fourth-order valence-corrected chi connectivity index (χ4v) is 3.06. The lowest BCUT2D eigenvalue weighted by Crippen LogP contribution is -2.12. The molecule has 13 heteroatoms. The largest absolute Gasteiger partial charge is 0.433 e. The minimum Gasteiger partial charge on any atom is -0.424 e. The van der Waals surface area contributed by atoms with Crippen LogP contribution in [0, 0.1) is 0 Å². The summed E-state index contributed by atoms with van der Waals surface area (Å²) in [5.41, 5.74) is 5.63. The molecule has 0 aliphatic rings. The minimum absolute atomic E-state index is 0.0443. The minimum atomic E-state index is -4.61. The van der Waals surface area contributed by atoms with Crippen LogP contribution in [0.5, 0.6) is 11.8 Å². The molecule has 0 unspecified atom stereocenters. The monoisotopic (exact) mass is 501 g/mol. The number of H-pyrrole nitrogens is 1. The lowest BCUT2D eigenvalue weighted by Gasteiger charge is -2.07. The molecule has 2 heterocycles. The third-order valence-corrected chi connectivity index (χ3v) is 4.67. The van der Waals surface area contributed by atoms with E-state index in [0.717, 1.165) is 12.3 Å². The summed E-state index contributed by atoms with van der Waals surface area (Å²) in [5.74, 6) is -0.231. The highest BCUT2D eigenvalue weighted by atomic mass is 35.5.